The average molecular weight is 236 g/mol. The quantitative estimate of drug-likeness (QED) is 0.812. The van der Waals surface area contributed by atoms with Gasteiger partial charge in [-0.2, -0.15) is 0 Å². The first-order valence-electron chi connectivity index (χ1n) is 5.87. The van der Waals surface area contributed by atoms with Crippen LogP contribution in [-0.4, -0.2) is 37.3 Å². The van der Waals surface area contributed by atoms with Gasteiger partial charge in [-0.25, -0.2) is 0 Å². The van der Waals surface area contributed by atoms with Crippen LogP contribution in [0.4, 0.5) is 5.69 Å². The molecule has 1 saturated heterocycles. The van der Waals surface area contributed by atoms with Crippen molar-refractivity contribution in [2.75, 3.05) is 31.7 Å². The minimum Gasteiger partial charge on any atom is -0.382 e. The Morgan fingerprint density at radius 3 is 2.38 bits per heavy atom. The van der Waals surface area contributed by atoms with Crippen LogP contribution in [0.5, 0.6) is 0 Å². The fraction of sp³-hybridized carbons (Fsp3) is 0.538. The second kappa shape index (κ2) is 5.60. The topological polar surface area (TPSA) is 15.3 Å². The summed E-state index contributed by atoms with van der Waals surface area (Å²) in [6.07, 6.45) is 4.61. The second-order valence-corrected chi connectivity index (χ2v) is 5.33. The van der Waals surface area contributed by atoms with Gasteiger partial charge in [0.25, 0.3) is 0 Å². The second-order valence-electron chi connectivity index (χ2n) is 4.45. The van der Waals surface area contributed by atoms with Gasteiger partial charge in [0.1, 0.15) is 0 Å². The van der Waals surface area contributed by atoms with E-state index in [4.69, 9.17) is 0 Å². The average Bonchev–Trinajstić information content (AvgIpc) is 2.33. The van der Waals surface area contributed by atoms with Crippen LogP contribution < -0.4 is 5.32 Å². The number of piperidine rings is 1. The lowest BCUT2D eigenvalue weighted by Crippen LogP contribution is -2.36. The van der Waals surface area contributed by atoms with E-state index >= 15 is 0 Å². The summed E-state index contributed by atoms with van der Waals surface area (Å²) < 4.78 is 0. The van der Waals surface area contributed by atoms with Crippen LogP contribution in [0.25, 0.3) is 0 Å². The van der Waals surface area contributed by atoms with E-state index in [1.807, 2.05) is 0 Å². The smallest absolute Gasteiger partial charge is 0.0343 e. The molecule has 0 amide bonds. The zero-order valence-electron chi connectivity index (χ0n) is 10.1. The zero-order valence-corrected chi connectivity index (χ0v) is 10.9. The van der Waals surface area contributed by atoms with Crippen molar-refractivity contribution in [2.45, 2.75) is 23.8 Å². The van der Waals surface area contributed by atoms with Crippen molar-refractivity contribution >= 4 is 17.4 Å². The van der Waals surface area contributed by atoms with E-state index in [0.29, 0.717) is 6.04 Å². The molecule has 0 bridgehead atoms. The molecular formula is C13H20N2S. The Labute approximate surface area is 102 Å². The Balaban J connectivity index is 1.88. The summed E-state index contributed by atoms with van der Waals surface area (Å²) >= 11 is 1.79. The van der Waals surface area contributed by atoms with Crippen LogP contribution in [0, 0.1) is 0 Å². The first-order chi connectivity index (χ1) is 7.78. The standard InChI is InChI=1S/C13H20N2S/c1-15-9-7-12(8-10-15)14-11-3-5-13(16-2)6-4-11/h3-6,12,14H,7-10H2,1-2H3. The molecule has 1 fully saturated rings. The fourth-order valence-electron chi connectivity index (χ4n) is 2.08. The van der Waals surface area contributed by atoms with Gasteiger partial charge >= 0.3 is 0 Å². The van der Waals surface area contributed by atoms with E-state index in [1.54, 1.807) is 11.8 Å². The Hall–Kier alpha value is -0.670. The maximum absolute atomic E-state index is 3.62. The molecule has 1 N–H and O–H groups in total. The fourth-order valence-corrected chi connectivity index (χ4v) is 2.48. The first-order valence-corrected chi connectivity index (χ1v) is 7.09. The number of nitrogens with one attached hydrogen (secondary N) is 1. The number of hydrogen-bond donors (Lipinski definition) is 1. The lowest BCUT2D eigenvalue weighted by atomic mass is 10.1. The lowest BCUT2D eigenvalue weighted by molar-refractivity contribution is 0.264. The zero-order chi connectivity index (χ0) is 11.4. The Morgan fingerprint density at radius 2 is 1.81 bits per heavy atom. The van der Waals surface area contributed by atoms with Crippen molar-refractivity contribution in [1.82, 2.24) is 4.90 Å². The Bertz CT molecular complexity index is 315. The van der Waals surface area contributed by atoms with Gasteiger partial charge in [-0.3, -0.25) is 0 Å². The van der Waals surface area contributed by atoms with Gasteiger partial charge in [-0.1, -0.05) is 0 Å². The minimum absolute atomic E-state index is 0.649. The summed E-state index contributed by atoms with van der Waals surface area (Å²) in [5.41, 5.74) is 1.26. The lowest BCUT2D eigenvalue weighted by Gasteiger charge is -2.30. The van der Waals surface area contributed by atoms with E-state index in [9.17, 15) is 0 Å². The maximum atomic E-state index is 3.62. The van der Waals surface area contributed by atoms with Crippen LogP contribution in [-0.2, 0) is 0 Å². The van der Waals surface area contributed by atoms with Crippen LogP contribution in [0.1, 0.15) is 12.8 Å². The molecule has 0 radical (unpaired) electrons. The van der Waals surface area contributed by atoms with Gasteiger partial charge in [0.05, 0.1) is 0 Å². The van der Waals surface area contributed by atoms with Crippen molar-refractivity contribution in [3.8, 4) is 0 Å². The Morgan fingerprint density at radius 1 is 1.19 bits per heavy atom. The highest BCUT2D eigenvalue weighted by atomic mass is 32.2. The van der Waals surface area contributed by atoms with Gasteiger partial charge < -0.3 is 10.2 Å². The number of likely N-dealkylation sites (tertiary alicyclic amines) is 1. The predicted molar refractivity (Wildman–Crippen MR) is 72.4 cm³/mol. The molecule has 2 rings (SSSR count). The monoisotopic (exact) mass is 236 g/mol. The molecule has 3 heteroatoms. The normalized spacial score (nSPS) is 18.6. The Kier molecular flexibility index (Phi) is 4.13. The van der Waals surface area contributed by atoms with E-state index in [0.717, 1.165) is 0 Å². The van der Waals surface area contributed by atoms with E-state index in [-0.39, 0.29) is 0 Å². The third-order valence-electron chi connectivity index (χ3n) is 3.18. The van der Waals surface area contributed by atoms with Crippen LogP contribution in [0.2, 0.25) is 0 Å². The summed E-state index contributed by atoms with van der Waals surface area (Å²) in [6, 6.07) is 9.38. The molecule has 0 aliphatic carbocycles. The largest absolute Gasteiger partial charge is 0.382 e. The highest BCUT2D eigenvalue weighted by Crippen LogP contribution is 2.20. The van der Waals surface area contributed by atoms with Gasteiger partial charge in [-0.05, 0) is 63.5 Å². The molecule has 1 aliphatic heterocycles. The van der Waals surface area contributed by atoms with E-state index in [1.165, 1.54) is 36.5 Å². The number of nitrogens with zero attached hydrogens (tertiary/aromatic N) is 1. The number of benzene rings is 1. The predicted octanol–water partition coefficient (Wildman–Crippen LogP) is 2.91. The SMILES string of the molecule is CSc1ccc(NC2CCN(C)CC2)cc1. The molecule has 1 aromatic rings. The van der Waals surface area contributed by atoms with Crippen molar-refractivity contribution in [2.24, 2.45) is 0 Å². The molecule has 1 heterocycles. The number of anilines is 1. The first kappa shape index (κ1) is 11.8. The molecular weight excluding hydrogens is 216 g/mol. The van der Waals surface area contributed by atoms with Crippen LogP contribution >= 0.6 is 11.8 Å². The third kappa shape index (κ3) is 3.16. The van der Waals surface area contributed by atoms with Crippen LogP contribution in [0.15, 0.2) is 29.2 Å². The molecule has 1 aromatic carbocycles. The summed E-state index contributed by atoms with van der Waals surface area (Å²) in [5, 5.41) is 3.62. The molecule has 0 atom stereocenters. The summed E-state index contributed by atoms with van der Waals surface area (Å²) in [6.45, 7) is 2.42. The minimum atomic E-state index is 0.649. The molecule has 88 valence electrons. The molecule has 1 aliphatic rings. The molecule has 0 unspecified atom stereocenters. The van der Waals surface area contributed by atoms with Crippen molar-refractivity contribution in [3.05, 3.63) is 24.3 Å². The van der Waals surface area contributed by atoms with Crippen molar-refractivity contribution < 1.29 is 0 Å². The van der Waals surface area contributed by atoms with Crippen LogP contribution in [0.3, 0.4) is 0 Å². The highest BCUT2D eigenvalue weighted by molar-refractivity contribution is 7.98. The highest BCUT2D eigenvalue weighted by Gasteiger charge is 2.15. The molecule has 2 nitrogen and oxygen atoms in total. The van der Waals surface area contributed by atoms with Gasteiger partial charge in [0.2, 0.25) is 0 Å². The van der Waals surface area contributed by atoms with Crippen molar-refractivity contribution in [3.63, 3.8) is 0 Å². The molecule has 0 saturated carbocycles. The molecule has 16 heavy (non-hydrogen) atoms. The summed E-state index contributed by atoms with van der Waals surface area (Å²) in [5.74, 6) is 0. The molecule has 0 aromatic heterocycles. The number of rotatable bonds is 3. The van der Waals surface area contributed by atoms with Crippen molar-refractivity contribution in [1.29, 1.82) is 0 Å². The molecule has 0 spiro atoms. The number of thioether (sulfide) groups is 1. The third-order valence-corrected chi connectivity index (χ3v) is 3.92. The van der Waals surface area contributed by atoms with Gasteiger partial charge in [-0.15, -0.1) is 11.8 Å². The summed E-state index contributed by atoms with van der Waals surface area (Å²) in [4.78, 5) is 3.73. The van der Waals surface area contributed by atoms with Gasteiger partial charge in [0.15, 0.2) is 0 Å². The number of hydrogen-bond acceptors (Lipinski definition) is 3. The van der Waals surface area contributed by atoms with Gasteiger partial charge in [0, 0.05) is 16.6 Å². The van der Waals surface area contributed by atoms with E-state index in [2.05, 4.69) is 47.8 Å². The maximum Gasteiger partial charge on any atom is 0.0343 e. The summed E-state index contributed by atoms with van der Waals surface area (Å²) in [7, 11) is 2.20. The van der Waals surface area contributed by atoms with E-state index < -0.39 is 0 Å².